The number of nitrogens with one attached hydrogen (secondary N) is 1. The van der Waals surface area contributed by atoms with Gasteiger partial charge in [-0.1, -0.05) is 30.9 Å². The summed E-state index contributed by atoms with van der Waals surface area (Å²) in [7, 11) is 0. The number of aromatic amines is 1. The normalized spacial score (nSPS) is 14.7. The van der Waals surface area contributed by atoms with Crippen LogP contribution in [-0.2, 0) is 23.8 Å². The Bertz CT molecular complexity index is 1100. The summed E-state index contributed by atoms with van der Waals surface area (Å²) in [6.07, 6.45) is 1.15. The number of carbonyl (C=O) groups is 1. The molecule has 1 heterocycles. The molecular formula is C22H19ClF3NO3. The minimum Gasteiger partial charge on any atom is -0.481 e. The third-order valence-corrected chi connectivity index (χ3v) is 5.74. The number of hydrogen-bond donors (Lipinski definition) is 2. The molecule has 4 nitrogen and oxygen atoms in total. The van der Waals surface area contributed by atoms with Crippen molar-refractivity contribution >= 4 is 28.5 Å². The molecule has 0 radical (unpaired) electrons. The molecule has 0 atom stereocenters. The van der Waals surface area contributed by atoms with E-state index in [-0.39, 0.29) is 16.3 Å². The summed E-state index contributed by atoms with van der Waals surface area (Å²) >= 11 is 6.07. The van der Waals surface area contributed by atoms with Crippen molar-refractivity contribution in [3.63, 3.8) is 0 Å². The first-order valence-corrected chi connectivity index (χ1v) is 9.98. The van der Waals surface area contributed by atoms with E-state index in [2.05, 4.69) is 4.98 Å². The van der Waals surface area contributed by atoms with Crippen LogP contribution in [0.25, 0.3) is 10.9 Å². The zero-order chi connectivity index (χ0) is 21.5. The molecule has 2 aromatic carbocycles. The maximum absolute atomic E-state index is 13.6. The van der Waals surface area contributed by atoms with Gasteiger partial charge in [-0.3, -0.25) is 4.79 Å². The van der Waals surface area contributed by atoms with Crippen molar-refractivity contribution in [1.82, 2.24) is 4.98 Å². The lowest BCUT2D eigenvalue weighted by Gasteiger charge is -2.24. The molecule has 1 saturated carbocycles. The van der Waals surface area contributed by atoms with E-state index >= 15 is 0 Å². The van der Waals surface area contributed by atoms with Crippen molar-refractivity contribution in [2.75, 3.05) is 0 Å². The Balaban J connectivity index is 1.69. The predicted molar refractivity (Wildman–Crippen MR) is 107 cm³/mol. The minimum absolute atomic E-state index is 0.0453. The van der Waals surface area contributed by atoms with Gasteiger partial charge in [0.05, 0.1) is 17.0 Å². The molecule has 0 amide bonds. The van der Waals surface area contributed by atoms with Crippen molar-refractivity contribution in [2.45, 2.75) is 38.3 Å². The molecular weight excluding hydrogens is 419 g/mol. The Kier molecular flexibility index (Phi) is 5.40. The fraction of sp³-hybridized carbons (Fsp3) is 0.318. The number of aliphatic carboxylic acids is 1. The number of H-pyrrole nitrogens is 1. The fourth-order valence-electron chi connectivity index (χ4n) is 3.76. The van der Waals surface area contributed by atoms with Crippen LogP contribution in [0.2, 0.25) is 5.02 Å². The number of benzene rings is 2. The van der Waals surface area contributed by atoms with Gasteiger partial charge >= 0.3 is 12.1 Å². The van der Waals surface area contributed by atoms with Gasteiger partial charge in [0.1, 0.15) is 5.75 Å². The maximum Gasteiger partial charge on any atom is 0.420 e. The summed E-state index contributed by atoms with van der Waals surface area (Å²) in [4.78, 5) is 14.1. The first kappa shape index (κ1) is 20.6. The highest BCUT2D eigenvalue weighted by atomic mass is 35.5. The molecule has 1 aliphatic rings. The SMILES string of the molecule is O=C(O)Cc1cc(Cl)c(Oc2ccc3[nH]cc(CC4CCC4)c3c2)c(C(F)(F)F)c1. The number of rotatable bonds is 6. The molecule has 0 spiro atoms. The zero-order valence-corrected chi connectivity index (χ0v) is 16.6. The second kappa shape index (κ2) is 7.87. The molecule has 0 aliphatic heterocycles. The van der Waals surface area contributed by atoms with Gasteiger partial charge < -0.3 is 14.8 Å². The first-order chi connectivity index (χ1) is 14.2. The van der Waals surface area contributed by atoms with Crippen LogP contribution < -0.4 is 4.74 Å². The number of carboxylic acids is 1. The average Bonchev–Trinajstić information content (AvgIpc) is 3.01. The number of ether oxygens (including phenoxy) is 1. The van der Waals surface area contributed by atoms with Gasteiger partial charge in [-0.25, -0.2) is 0 Å². The van der Waals surface area contributed by atoms with E-state index in [1.807, 2.05) is 6.20 Å². The lowest BCUT2D eigenvalue weighted by molar-refractivity contribution is -0.139. The highest BCUT2D eigenvalue weighted by Gasteiger charge is 2.36. The second-order valence-electron chi connectivity index (χ2n) is 7.65. The highest BCUT2D eigenvalue weighted by molar-refractivity contribution is 6.32. The Hall–Kier alpha value is -2.67. The Morgan fingerprint density at radius 3 is 2.63 bits per heavy atom. The molecule has 30 heavy (non-hydrogen) atoms. The molecule has 4 rings (SSSR count). The molecule has 3 aromatic rings. The van der Waals surface area contributed by atoms with E-state index < -0.39 is 29.9 Å². The third kappa shape index (κ3) is 4.26. The maximum atomic E-state index is 13.6. The molecule has 8 heteroatoms. The van der Waals surface area contributed by atoms with Gasteiger partial charge in [0.25, 0.3) is 0 Å². The van der Waals surface area contributed by atoms with Crippen LogP contribution in [0.4, 0.5) is 13.2 Å². The van der Waals surface area contributed by atoms with E-state index in [4.69, 9.17) is 21.4 Å². The van der Waals surface area contributed by atoms with Crippen LogP contribution in [0.5, 0.6) is 11.5 Å². The summed E-state index contributed by atoms with van der Waals surface area (Å²) in [6.45, 7) is 0. The highest BCUT2D eigenvalue weighted by Crippen LogP contribution is 2.44. The Labute approximate surface area is 175 Å². The second-order valence-corrected chi connectivity index (χ2v) is 8.05. The Morgan fingerprint density at radius 2 is 2.00 bits per heavy atom. The van der Waals surface area contributed by atoms with Crippen LogP contribution in [-0.4, -0.2) is 16.1 Å². The first-order valence-electron chi connectivity index (χ1n) is 9.60. The Morgan fingerprint density at radius 1 is 1.23 bits per heavy atom. The summed E-state index contributed by atoms with van der Waals surface area (Å²) in [6, 6.07) is 7.01. The lowest BCUT2D eigenvalue weighted by Crippen LogP contribution is -2.13. The van der Waals surface area contributed by atoms with Gasteiger partial charge in [0.2, 0.25) is 0 Å². The summed E-state index contributed by atoms with van der Waals surface area (Å²) in [5, 5.41) is 9.51. The van der Waals surface area contributed by atoms with E-state index in [0.29, 0.717) is 5.92 Å². The molecule has 0 saturated heterocycles. The van der Waals surface area contributed by atoms with Gasteiger partial charge in [-0.15, -0.1) is 0 Å². The third-order valence-electron chi connectivity index (χ3n) is 5.46. The number of hydrogen-bond acceptors (Lipinski definition) is 2. The predicted octanol–water partition coefficient (Wildman–Crippen LogP) is 6.60. The van der Waals surface area contributed by atoms with Crippen molar-refractivity contribution in [1.29, 1.82) is 0 Å². The van der Waals surface area contributed by atoms with E-state index in [1.54, 1.807) is 18.2 Å². The molecule has 1 aromatic heterocycles. The van der Waals surface area contributed by atoms with E-state index in [9.17, 15) is 18.0 Å². The molecule has 0 bridgehead atoms. The molecule has 1 fully saturated rings. The monoisotopic (exact) mass is 437 g/mol. The topological polar surface area (TPSA) is 62.3 Å². The van der Waals surface area contributed by atoms with Crippen LogP contribution in [0.15, 0.2) is 36.5 Å². The van der Waals surface area contributed by atoms with Crippen molar-refractivity contribution in [3.05, 3.63) is 58.2 Å². The van der Waals surface area contributed by atoms with Gasteiger partial charge in [0, 0.05) is 17.1 Å². The number of carboxylic acid groups (broad SMARTS) is 1. The number of halogens is 4. The molecule has 158 valence electrons. The molecule has 1 aliphatic carbocycles. The lowest BCUT2D eigenvalue weighted by atomic mass is 9.81. The van der Waals surface area contributed by atoms with Crippen molar-refractivity contribution in [3.8, 4) is 11.5 Å². The largest absolute Gasteiger partial charge is 0.481 e. The average molecular weight is 438 g/mol. The van der Waals surface area contributed by atoms with E-state index in [1.165, 1.54) is 25.3 Å². The summed E-state index contributed by atoms with van der Waals surface area (Å²) < 4.78 is 46.4. The number of aromatic nitrogens is 1. The van der Waals surface area contributed by atoms with Crippen LogP contribution in [0, 0.1) is 5.92 Å². The van der Waals surface area contributed by atoms with Crippen molar-refractivity contribution < 1.29 is 27.8 Å². The van der Waals surface area contributed by atoms with Crippen LogP contribution in [0.1, 0.15) is 36.0 Å². The smallest absolute Gasteiger partial charge is 0.420 e. The van der Waals surface area contributed by atoms with Gasteiger partial charge in [0.15, 0.2) is 5.75 Å². The molecule has 0 unspecified atom stereocenters. The number of fused-ring (bicyclic) bond motifs is 1. The standard InChI is InChI=1S/C22H19ClF3NO3/c23-18-8-13(9-20(28)29)7-17(22(24,25)26)21(18)30-15-4-5-19-16(10-15)14(11-27-19)6-12-2-1-3-12/h4-5,7-8,10-12,27H,1-3,6,9H2,(H,28,29). The van der Waals surface area contributed by atoms with Crippen LogP contribution >= 0.6 is 11.6 Å². The fourth-order valence-corrected chi connectivity index (χ4v) is 4.04. The summed E-state index contributed by atoms with van der Waals surface area (Å²) in [5.74, 6) is -0.907. The van der Waals surface area contributed by atoms with Crippen molar-refractivity contribution in [2.24, 2.45) is 5.92 Å². The number of alkyl halides is 3. The summed E-state index contributed by atoms with van der Waals surface area (Å²) in [5.41, 5.74) is 0.848. The minimum atomic E-state index is -4.75. The zero-order valence-electron chi connectivity index (χ0n) is 15.9. The quantitative estimate of drug-likeness (QED) is 0.456. The van der Waals surface area contributed by atoms with Crippen LogP contribution in [0.3, 0.4) is 0 Å². The van der Waals surface area contributed by atoms with Gasteiger partial charge in [-0.2, -0.15) is 13.2 Å². The van der Waals surface area contributed by atoms with Gasteiger partial charge in [-0.05, 0) is 53.8 Å². The van der Waals surface area contributed by atoms with E-state index in [0.717, 1.165) is 29.0 Å². The molecule has 2 N–H and O–H groups in total.